The van der Waals surface area contributed by atoms with Crippen molar-refractivity contribution >= 4 is 22.2 Å². The van der Waals surface area contributed by atoms with E-state index in [2.05, 4.69) is 29.8 Å². The smallest absolute Gasteiger partial charge is 0.151 e. The molecule has 0 saturated heterocycles. The van der Waals surface area contributed by atoms with Gasteiger partial charge in [-0.1, -0.05) is 0 Å². The van der Waals surface area contributed by atoms with Crippen molar-refractivity contribution in [1.29, 1.82) is 0 Å². The first kappa shape index (κ1) is 9.91. The zero-order valence-electron chi connectivity index (χ0n) is 8.48. The summed E-state index contributed by atoms with van der Waals surface area (Å²) in [5.74, 6) is 0. The average Bonchev–Trinajstić information content (AvgIpc) is 2.64. The molecule has 0 saturated carbocycles. The van der Waals surface area contributed by atoms with E-state index in [1.165, 1.54) is 35.1 Å². The average molecular weight is 253 g/mol. The van der Waals surface area contributed by atoms with Crippen LogP contribution in [0.5, 0.6) is 0 Å². The van der Waals surface area contributed by atoms with Crippen molar-refractivity contribution in [2.24, 2.45) is 0 Å². The lowest BCUT2D eigenvalue weighted by Gasteiger charge is -2.13. The van der Waals surface area contributed by atoms with Crippen LogP contribution in [0.4, 0.5) is 0 Å². The molecule has 1 aliphatic rings. The molecule has 1 aromatic rings. The second kappa shape index (κ2) is 3.50. The number of carbonyl (C=O) groups is 1. The van der Waals surface area contributed by atoms with Crippen molar-refractivity contribution in [3.63, 3.8) is 0 Å². The second-order valence-electron chi connectivity index (χ2n) is 3.91. The van der Waals surface area contributed by atoms with Crippen LogP contribution >= 0.6 is 15.9 Å². The predicted molar refractivity (Wildman–Crippen MR) is 61.0 cm³/mol. The van der Waals surface area contributed by atoms with Gasteiger partial charge in [0.25, 0.3) is 0 Å². The zero-order valence-corrected chi connectivity index (χ0v) is 10.1. The van der Waals surface area contributed by atoms with Gasteiger partial charge in [-0.2, -0.15) is 0 Å². The van der Waals surface area contributed by atoms with E-state index >= 15 is 0 Å². The van der Waals surface area contributed by atoms with E-state index in [0.29, 0.717) is 0 Å². The normalized spacial score (nSPS) is 14.2. The van der Waals surface area contributed by atoms with Crippen molar-refractivity contribution in [2.45, 2.75) is 33.1 Å². The van der Waals surface area contributed by atoms with Gasteiger partial charge in [-0.05, 0) is 71.3 Å². The van der Waals surface area contributed by atoms with Gasteiger partial charge in [-0.25, -0.2) is 0 Å². The van der Waals surface area contributed by atoms with Crippen LogP contribution in [0.1, 0.15) is 39.0 Å². The van der Waals surface area contributed by atoms with Crippen LogP contribution in [0, 0.1) is 13.8 Å². The summed E-state index contributed by atoms with van der Waals surface area (Å²) < 4.78 is 0.991. The summed E-state index contributed by atoms with van der Waals surface area (Å²) in [5.41, 5.74) is 6.13. The molecule has 0 spiro atoms. The van der Waals surface area contributed by atoms with Crippen molar-refractivity contribution in [3.8, 4) is 0 Å². The molecule has 0 unspecified atom stereocenters. The van der Waals surface area contributed by atoms with Crippen LogP contribution in [0.2, 0.25) is 0 Å². The molecule has 0 bridgehead atoms. The first-order valence-corrected chi connectivity index (χ1v) is 5.71. The van der Waals surface area contributed by atoms with Gasteiger partial charge in [-0.3, -0.25) is 4.79 Å². The Morgan fingerprint density at radius 2 is 1.71 bits per heavy atom. The summed E-state index contributed by atoms with van der Waals surface area (Å²) in [6.45, 7) is 4.15. The number of hydrogen-bond donors (Lipinski definition) is 0. The molecule has 0 aliphatic heterocycles. The maximum atomic E-state index is 11.0. The first-order chi connectivity index (χ1) is 6.66. The summed E-state index contributed by atoms with van der Waals surface area (Å²) in [6, 6.07) is 0. The fraction of sp³-hybridized carbons (Fsp3) is 0.417. The molecule has 0 N–H and O–H groups in total. The molecule has 1 aromatic carbocycles. The highest BCUT2D eigenvalue weighted by Crippen LogP contribution is 2.35. The van der Waals surface area contributed by atoms with Gasteiger partial charge in [0.1, 0.15) is 0 Å². The quantitative estimate of drug-likeness (QED) is 0.701. The fourth-order valence-corrected chi connectivity index (χ4v) is 3.00. The highest BCUT2D eigenvalue weighted by molar-refractivity contribution is 9.10. The third-order valence-corrected chi connectivity index (χ3v) is 4.23. The fourth-order valence-electron chi connectivity index (χ4n) is 2.37. The number of aldehydes is 1. The van der Waals surface area contributed by atoms with E-state index in [1.54, 1.807) is 0 Å². The molecule has 0 atom stereocenters. The number of carbonyl (C=O) groups excluding carboxylic acids is 1. The van der Waals surface area contributed by atoms with Gasteiger partial charge in [0.05, 0.1) is 0 Å². The van der Waals surface area contributed by atoms with Gasteiger partial charge in [-0.15, -0.1) is 0 Å². The van der Waals surface area contributed by atoms with Gasteiger partial charge in [0.15, 0.2) is 6.29 Å². The minimum atomic E-state index is 0.836. The minimum Gasteiger partial charge on any atom is -0.298 e. The standard InChI is InChI=1S/C12H13BrO/c1-7-9-4-3-5-10(9)8(2)12(13)11(7)6-14/h6H,3-5H2,1-2H3. The minimum absolute atomic E-state index is 0.836. The summed E-state index contributed by atoms with van der Waals surface area (Å²) in [6.07, 6.45) is 4.49. The lowest BCUT2D eigenvalue weighted by Crippen LogP contribution is -1.99. The molecule has 1 nitrogen and oxygen atoms in total. The van der Waals surface area contributed by atoms with Gasteiger partial charge in [0.2, 0.25) is 0 Å². The molecule has 0 aromatic heterocycles. The predicted octanol–water partition coefficient (Wildman–Crippen LogP) is 3.37. The zero-order chi connectivity index (χ0) is 10.3. The van der Waals surface area contributed by atoms with Gasteiger partial charge in [0, 0.05) is 10.0 Å². The third kappa shape index (κ3) is 1.24. The topological polar surface area (TPSA) is 17.1 Å². The third-order valence-electron chi connectivity index (χ3n) is 3.21. The lowest BCUT2D eigenvalue weighted by atomic mass is 9.95. The van der Waals surface area contributed by atoms with Crippen LogP contribution in [-0.4, -0.2) is 6.29 Å². The van der Waals surface area contributed by atoms with E-state index < -0.39 is 0 Å². The van der Waals surface area contributed by atoms with Crippen LogP contribution in [0.15, 0.2) is 4.47 Å². The van der Waals surface area contributed by atoms with Gasteiger partial charge < -0.3 is 0 Å². The molecular formula is C12H13BrO. The van der Waals surface area contributed by atoms with Crippen molar-refractivity contribution in [1.82, 2.24) is 0 Å². The summed E-state index contributed by atoms with van der Waals surface area (Å²) in [7, 11) is 0. The Labute approximate surface area is 92.6 Å². The molecule has 74 valence electrons. The number of rotatable bonds is 1. The van der Waals surface area contributed by atoms with E-state index in [9.17, 15) is 4.79 Å². The van der Waals surface area contributed by atoms with Crippen LogP contribution in [0.25, 0.3) is 0 Å². The van der Waals surface area contributed by atoms with Crippen molar-refractivity contribution in [3.05, 3.63) is 32.3 Å². The Balaban J connectivity index is 2.79. The van der Waals surface area contributed by atoms with Crippen LogP contribution < -0.4 is 0 Å². The largest absolute Gasteiger partial charge is 0.298 e. The van der Waals surface area contributed by atoms with E-state index in [1.807, 2.05) is 0 Å². The number of fused-ring (bicyclic) bond motifs is 1. The summed E-state index contributed by atoms with van der Waals surface area (Å²) >= 11 is 3.51. The molecule has 0 radical (unpaired) electrons. The van der Waals surface area contributed by atoms with Crippen LogP contribution in [-0.2, 0) is 12.8 Å². The molecule has 0 fully saturated rings. The molecule has 0 heterocycles. The van der Waals surface area contributed by atoms with Gasteiger partial charge >= 0.3 is 0 Å². The molecular weight excluding hydrogens is 240 g/mol. The Hall–Kier alpha value is -0.630. The molecule has 2 heteroatoms. The summed E-state index contributed by atoms with van der Waals surface area (Å²) in [4.78, 5) is 11.0. The molecule has 14 heavy (non-hydrogen) atoms. The molecule has 1 aliphatic carbocycles. The maximum absolute atomic E-state index is 11.0. The molecule has 2 rings (SSSR count). The Morgan fingerprint density at radius 3 is 2.29 bits per heavy atom. The maximum Gasteiger partial charge on any atom is 0.151 e. The SMILES string of the molecule is Cc1c(Br)c(C=O)c(C)c2c1CCC2. The van der Waals surface area contributed by atoms with E-state index in [4.69, 9.17) is 0 Å². The van der Waals surface area contributed by atoms with Crippen molar-refractivity contribution < 1.29 is 4.79 Å². The van der Waals surface area contributed by atoms with Crippen LogP contribution in [0.3, 0.4) is 0 Å². The Morgan fingerprint density at radius 1 is 1.14 bits per heavy atom. The summed E-state index contributed by atoms with van der Waals surface area (Å²) in [5, 5.41) is 0. The Kier molecular flexibility index (Phi) is 2.48. The second-order valence-corrected chi connectivity index (χ2v) is 4.70. The highest BCUT2D eigenvalue weighted by Gasteiger charge is 2.20. The monoisotopic (exact) mass is 252 g/mol. The highest BCUT2D eigenvalue weighted by atomic mass is 79.9. The van der Waals surface area contributed by atoms with E-state index in [0.717, 1.165) is 22.7 Å². The number of halogens is 1. The number of benzene rings is 1. The first-order valence-electron chi connectivity index (χ1n) is 4.92. The molecule has 0 amide bonds. The van der Waals surface area contributed by atoms with E-state index in [-0.39, 0.29) is 0 Å². The van der Waals surface area contributed by atoms with Crippen molar-refractivity contribution in [2.75, 3.05) is 0 Å². The lowest BCUT2D eigenvalue weighted by molar-refractivity contribution is 0.112. The number of hydrogen-bond acceptors (Lipinski definition) is 1. The Bertz CT molecular complexity index is 408.